The molecule has 0 fully saturated rings. The van der Waals surface area contributed by atoms with Crippen molar-refractivity contribution in [3.05, 3.63) is 11.9 Å². The minimum absolute atomic E-state index is 0.0255. The number of carboxylic acids is 1. The average molecular weight is 290 g/mol. The number of carboxylic acid groups (broad SMARTS) is 1. The average Bonchev–Trinajstić information content (AvgIpc) is 2.61. The monoisotopic (exact) mass is 290 g/mol. The van der Waals surface area contributed by atoms with E-state index in [-0.39, 0.29) is 30.0 Å². The minimum atomic E-state index is -3.35. The number of rotatable bonds is 6. The van der Waals surface area contributed by atoms with E-state index in [4.69, 9.17) is 5.11 Å². The van der Waals surface area contributed by atoms with Crippen molar-refractivity contribution in [2.45, 2.75) is 27.3 Å². The van der Waals surface area contributed by atoms with Gasteiger partial charge in [0.1, 0.15) is 0 Å². The Balaban J connectivity index is 2.47. The van der Waals surface area contributed by atoms with Crippen LogP contribution in [0.3, 0.4) is 0 Å². The van der Waals surface area contributed by atoms with Gasteiger partial charge in [-0.05, 0) is 5.41 Å². The lowest BCUT2D eigenvalue weighted by atomic mass is 10.0. The lowest BCUT2D eigenvalue weighted by Gasteiger charge is -2.18. The highest BCUT2D eigenvalue weighted by Gasteiger charge is 2.21. The Labute approximate surface area is 111 Å². The molecular weight excluding hydrogens is 272 g/mol. The second-order valence-corrected chi connectivity index (χ2v) is 7.19. The molecule has 1 aromatic rings. The van der Waals surface area contributed by atoms with E-state index in [0.717, 1.165) is 0 Å². The lowest BCUT2D eigenvalue weighted by Crippen LogP contribution is -2.34. The zero-order valence-electron chi connectivity index (χ0n) is 11.1. The van der Waals surface area contributed by atoms with Gasteiger partial charge in [0, 0.05) is 6.54 Å². The van der Waals surface area contributed by atoms with E-state index in [9.17, 15) is 13.2 Å². The van der Waals surface area contributed by atoms with E-state index in [2.05, 4.69) is 15.0 Å². The molecule has 0 radical (unpaired) electrons. The number of nitrogens with zero attached hydrogens (tertiary/aromatic N) is 3. The maximum Gasteiger partial charge on any atom is 0.358 e. The molecule has 0 aliphatic heterocycles. The molecule has 1 heterocycles. The molecule has 8 nitrogen and oxygen atoms in total. The Morgan fingerprint density at radius 2 is 2.11 bits per heavy atom. The van der Waals surface area contributed by atoms with Crippen molar-refractivity contribution < 1.29 is 18.3 Å². The van der Waals surface area contributed by atoms with E-state index < -0.39 is 16.0 Å². The van der Waals surface area contributed by atoms with Crippen LogP contribution in [0.1, 0.15) is 31.3 Å². The van der Waals surface area contributed by atoms with Crippen molar-refractivity contribution >= 4 is 16.0 Å². The summed E-state index contributed by atoms with van der Waals surface area (Å²) in [6, 6.07) is 0. The van der Waals surface area contributed by atoms with Crippen molar-refractivity contribution in [3.63, 3.8) is 0 Å². The number of carbonyl (C=O) groups is 1. The molecule has 0 aliphatic rings. The topological polar surface area (TPSA) is 114 Å². The molecule has 9 heteroatoms. The van der Waals surface area contributed by atoms with Gasteiger partial charge in [-0.2, -0.15) is 0 Å². The molecule has 0 aromatic carbocycles. The maximum atomic E-state index is 11.7. The molecule has 0 saturated heterocycles. The fourth-order valence-electron chi connectivity index (χ4n) is 1.44. The number of nitrogens with one attached hydrogen (secondary N) is 1. The van der Waals surface area contributed by atoms with Gasteiger partial charge in [0.25, 0.3) is 0 Å². The second-order valence-electron chi connectivity index (χ2n) is 5.39. The first kappa shape index (κ1) is 15.6. The molecule has 0 aliphatic carbocycles. The quantitative estimate of drug-likeness (QED) is 0.758. The van der Waals surface area contributed by atoms with Gasteiger partial charge in [-0.15, -0.1) is 5.10 Å². The van der Waals surface area contributed by atoms with Crippen LogP contribution in [0.15, 0.2) is 6.20 Å². The SMILES string of the molecule is CC(C)(C)CS(=O)(=O)NCCn1cc(C(=O)O)nn1. The highest BCUT2D eigenvalue weighted by atomic mass is 32.2. The predicted molar refractivity (Wildman–Crippen MR) is 68.2 cm³/mol. The van der Waals surface area contributed by atoms with Crippen LogP contribution in [0.25, 0.3) is 0 Å². The first-order valence-corrected chi connectivity index (χ1v) is 7.35. The van der Waals surface area contributed by atoms with Gasteiger partial charge in [0.2, 0.25) is 10.0 Å². The number of sulfonamides is 1. The van der Waals surface area contributed by atoms with E-state index >= 15 is 0 Å². The maximum absolute atomic E-state index is 11.7. The Morgan fingerprint density at radius 3 is 2.58 bits per heavy atom. The van der Waals surface area contributed by atoms with E-state index in [1.807, 2.05) is 20.8 Å². The van der Waals surface area contributed by atoms with Crippen LogP contribution < -0.4 is 4.72 Å². The Hall–Kier alpha value is -1.48. The number of hydrogen-bond donors (Lipinski definition) is 2. The molecule has 1 rings (SSSR count). The Kier molecular flexibility index (Phi) is 4.64. The van der Waals surface area contributed by atoms with Crippen LogP contribution in [-0.2, 0) is 16.6 Å². The summed E-state index contributed by atoms with van der Waals surface area (Å²) >= 11 is 0. The summed E-state index contributed by atoms with van der Waals surface area (Å²) in [6.45, 7) is 5.87. The van der Waals surface area contributed by atoms with Gasteiger partial charge in [0.15, 0.2) is 5.69 Å². The van der Waals surface area contributed by atoms with Crippen LogP contribution in [0.4, 0.5) is 0 Å². The standard InChI is InChI=1S/C10H18N4O4S/c1-10(2,3)7-19(17,18)11-4-5-14-6-8(9(15)16)12-13-14/h6,11H,4-5,7H2,1-3H3,(H,15,16). The van der Waals surface area contributed by atoms with Crippen LogP contribution >= 0.6 is 0 Å². The smallest absolute Gasteiger partial charge is 0.358 e. The van der Waals surface area contributed by atoms with Crippen molar-refractivity contribution in [2.24, 2.45) is 5.41 Å². The fourth-order valence-corrected chi connectivity index (χ4v) is 3.09. The molecule has 0 saturated carbocycles. The van der Waals surface area contributed by atoms with Gasteiger partial charge in [0.05, 0.1) is 18.5 Å². The number of aromatic carboxylic acids is 1. The normalized spacial score (nSPS) is 12.6. The van der Waals surface area contributed by atoms with Crippen molar-refractivity contribution in [3.8, 4) is 0 Å². The summed E-state index contributed by atoms with van der Waals surface area (Å²) in [7, 11) is -3.35. The van der Waals surface area contributed by atoms with Crippen LogP contribution in [0.2, 0.25) is 0 Å². The third-order valence-corrected chi connectivity index (χ3v) is 3.93. The summed E-state index contributed by atoms with van der Waals surface area (Å²) in [4.78, 5) is 10.6. The molecule has 19 heavy (non-hydrogen) atoms. The summed E-state index contributed by atoms with van der Waals surface area (Å²) in [5.74, 6) is -1.14. The number of hydrogen-bond acceptors (Lipinski definition) is 5. The lowest BCUT2D eigenvalue weighted by molar-refractivity contribution is 0.0690. The molecule has 0 unspecified atom stereocenters. The largest absolute Gasteiger partial charge is 0.476 e. The molecular formula is C10H18N4O4S. The first-order valence-electron chi connectivity index (χ1n) is 5.70. The Bertz CT molecular complexity index is 544. The van der Waals surface area contributed by atoms with Crippen molar-refractivity contribution in [1.29, 1.82) is 0 Å². The van der Waals surface area contributed by atoms with Crippen LogP contribution in [0.5, 0.6) is 0 Å². The van der Waals surface area contributed by atoms with Crippen molar-refractivity contribution in [2.75, 3.05) is 12.3 Å². The van der Waals surface area contributed by atoms with Gasteiger partial charge < -0.3 is 5.11 Å². The van der Waals surface area contributed by atoms with Gasteiger partial charge >= 0.3 is 5.97 Å². The van der Waals surface area contributed by atoms with Crippen molar-refractivity contribution in [1.82, 2.24) is 19.7 Å². The fraction of sp³-hybridized carbons (Fsp3) is 0.700. The molecule has 0 bridgehead atoms. The molecule has 0 spiro atoms. The molecule has 108 valence electrons. The van der Waals surface area contributed by atoms with Crippen LogP contribution in [0, 0.1) is 5.41 Å². The summed E-state index contributed by atoms with van der Waals surface area (Å²) in [6.07, 6.45) is 1.25. The predicted octanol–water partition coefficient (Wildman–Crippen LogP) is -0.0582. The van der Waals surface area contributed by atoms with E-state index in [1.165, 1.54) is 10.9 Å². The molecule has 0 atom stereocenters. The third-order valence-electron chi connectivity index (χ3n) is 2.04. The molecule has 0 amide bonds. The third kappa shape index (κ3) is 5.79. The Morgan fingerprint density at radius 1 is 1.47 bits per heavy atom. The zero-order valence-corrected chi connectivity index (χ0v) is 11.9. The minimum Gasteiger partial charge on any atom is -0.476 e. The zero-order chi connectivity index (χ0) is 14.7. The second kappa shape index (κ2) is 5.66. The highest BCUT2D eigenvalue weighted by Crippen LogP contribution is 2.14. The molecule has 1 aromatic heterocycles. The van der Waals surface area contributed by atoms with E-state index in [0.29, 0.717) is 0 Å². The highest BCUT2D eigenvalue weighted by molar-refractivity contribution is 7.89. The molecule has 2 N–H and O–H groups in total. The van der Waals surface area contributed by atoms with E-state index in [1.54, 1.807) is 0 Å². The van der Waals surface area contributed by atoms with Crippen LogP contribution in [-0.4, -0.2) is 46.8 Å². The number of aromatic nitrogens is 3. The summed E-state index contributed by atoms with van der Waals surface area (Å²) in [5, 5.41) is 15.7. The first-order chi connectivity index (χ1) is 8.59. The van der Waals surface area contributed by atoms with Gasteiger partial charge in [-0.1, -0.05) is 26.0 Å². The van der Waals surface area contributed by atoms with Gasteiger partial charge in [-0.25, -0.2) is 17.9 Å². The van der Waals surface area contributed by atoms with Gasteiger partial charge in [-0.3, -0.25) is 4.68 Å². The summed E-state index contributed by atoms with van der Waals surface area (Å²) in [5.41, 5.74) is -0.493. The summed E-state index contributed by atoms with van der Waals surface area (Å²) < 4.78 is 27.1.